The minimum Gasteiger partial charge on any atom is -0.353 e. The molecule has 0 unspecified atom stereocenters. The maximum absolute atomic E-state index is 13.5. The van der Waals surface area contributed by atoms with Gasteiger partial charge in [-0.15, -0.1) is 11.8 Å². The predicted molar refractivity (Wildman–Crippen MR) is 131 cm³/mol. The van der Waals surface area contributed by atoms with E-state index >= 15 is 0 Å². The van der Waals surface area contributed by atoms with Crippen molar-refractivity contribution in [2.24, 2.45) is 0 Å². The Kier molecular flexibility index (Phi) is 6.24. The van der Waals surface area contributed by atoms with Gasteiger partial charge in [-0.2, -0.15) is 0 Å². The molecular weight excluding hydrogens is 453 g/mol. The van der Waals surface area contributed by atoms with Gasteiger partial charge in [-0.1, -0.05) is 18.2 Å². The van der Waals surface area contributed by atoms with Gasteiger partial charge in [0.1, 0.15) is 22.5 Å². The van der Waals surface area contributed by atoms with Crippen molar-refractivity contribution in [3.05, 3.63) is 59.5 Å². The van der Waals surface area contributed by atoms with E-state index in [-0.39, 0.29) is 17.6 Å². The zero-order chi connectivity index (χ0) is 23.9. The van der Waals surface area contributed by atoms with Crippen LogP contribution >= 0.6 is 11.8 Å². The van der Waals surface area contributed by atoms with Crippen molar-refractivity contribution in [3.63, 3.8) is 0 Å². The van der Waals surface area contributed by atoms with E-state index in [1.807, 2.05) is 31.3 Å². The van der Waals surface area contributed by atoms with E-state index in [0.717, 1.165) is 17.9 Å². The topological polar surface area (TPSA) is 60.0 Å². The Labute approximate surface area is 203 Å². The fourth-order valence-corrected chi connectivity index (χ4v) is 6.91. The van der Waals surface area contributed by atoms with E-state index in [4.69, 9.17) is 0 Å². The lowest BCUT2D eigenvalue weighted by molar-refractivity contribution is -0.144. The zero-order valence-electron chi connectivity index (χ0n) is 19.6. The van der Waals surface area contributed by atoms with Gasteiger partial charge in [0.2, 0.25) is 11.8 Å². The number of pyridine rings is 1. The molecule has 7 nitrogen and oxygen atoms in total. The molecule has 0 radical (unpaired) electrons. The van der Waals surface area contributed by atoms with Crippen LogP contribution in [0.2, 0.25) is 0 Å². The summed E-state index contributed by atoms with van der Waals surface area (Å²) >= 11 is 1.64. The lowest BCUT2D eigenvalue weighted by atomic mass is 10.0. The molecule has 3 fully saturated rings. The van der Waals surface area contributed by atoms with Crippen LogP contribution in [0.4, 0.5) is 10.2 Å². The van der Waals surface area contributed by atoms with E-state index in [1.54, 1.807) is 28.8 Å². The summed E-state index contributed by atoms with van der Waals surface area (Å²) in [5.41, 5.74) is 2.06. The number of piperazine rings is 1. The van der Waals surface area contributed by atoms with E-state index in [1.165, 1.54) is 17.7 Å². The van der Waals surface area contributed by atoms with Crippen molar-refractivity contribution in [1.82, 2.24) is 19.7 Å². The molecule has 1 aromatic carbocycles. The molecule has 0 bridgehead atoms. The normalized spacial score (nSPS) is 24.8. The fourth-order valence-electron chi connectivity index (χ4n) is 5.27. The number of nitrogens with zero attached hydrogens (tertiary/aromatic N) is 5. The van der Waals surface area contributed by atoms with Gasteiger partial charge in [-0.05, 0) is 49.8 Å². The van der Waals surface area contributed by atoms with Crippen LogP contribution < -0.4 is 4.90 Å². The molecule has 34 heavy (non-hydrogen) atoms. The molecule has 180 valence electrons. The maximum Gasteiger partial charge on any atom is 0.246 e. The Bertz CT molecular complexity index is 1060. The molecule has 5 rings (SSSR count). The molecular formula is C25H30FN5O2S. The van der Waals surface area contributed by atoms with E-state index < -0.39 is 10.9 Å². The number of carbonyl (C=O) groups is 2. The van der Waals surface area contributed by atoms with Crippen LogP contribution in [0.1, 0.15) is 24.0 Å². The third kappa shape index (κ3) is 4.15. The largest absolute Gasteiger partial charge is 0.353 e. The number of halogens is 1. The molecule has 3 aliphatic heterocycles. The summed E-state index contributed by atoms with van der Waals surface area (Å²) < 4.78 is 13.5. The molecule has 0 spiro atoms. The number of amides is 2. The second-order valence-electron chi connectivity index (χ2n) is 9.46. The Morgan fingerprint density at radius 3 is 2.53 bits per heavy atom. The fraction of sp³-hybridized carbons (Fsp3) is 0.480. The molecule has 0 aliphatic carbocycles. The van der Waals surface area contributed by atoms with Crippen LogP contribution in [-0.4, -0.2) is 83.6 Å². The first kappa shape index (κ1) is 23.1. The summed E-state index contributed by atoms with van der Waals surface area (Å²) in [6.45, 7) is 3.48. The molecule has 3 saturated heterocycles. The Balaban J connectivity index is 1.25. The van der Waals surface area contributed by atoms with Crippen LogP contribution in [0.3, 0.4) is 0 Å². The van der Waals surface area contributed by atoms with Crippen molar-refractivity contribution in [1.29, 1.82) is 0 Å². The molecule has 9 heteroatoms. The van der Waals surface area contributed by atoms with Crippen molar-refractivity contribution in [2.45, 2.75) is 30.3 Å². The highest BCUT2D eigenvalue weighted by Crippen LogP contribution is 2.54. The summed E-state index contributed by atoms with van der Waals surface area (Å²) in [7, 11) is 4.07. The second-order valence-corrected chi connectivity index (χ2v) is 10.8. The maximum atomic E-state index is 13.5. The highest BCUT2D eigenvalue weighted by molar-refractivity contribution is 8.00. The average molecular weight is 484 g/mol. The van der Waals surface area contributed by atoms with Crippen molar-refractivity contribution in [2.75, 3.05) is 50.9 Å². The van der Waals surface area contributed by atoms with Gasteiger partial charge >= 0.3 is 0 Å². The number of thioether (sulfide) groups is 1. The SMILES string of the molecule is CN(C)Cc1ccc(N2CCN(C(=O)[C@@H]3CS[C@@]4(c5ccc(F)cc5)CCC(=O)N34)CC2)nc1. The lowest BCUT2D eigenvalue weighted by Crippen LogP contribution is -2.56. The summed E-state index contributed by atoms with van der Waals surface area (Å²) in [6, 6.07) is 10.0. The number of carbonyl (C=O) groups excluding carboxylic acids is 2. The minimum absolute atomic E-state index is 0.00771. The molecule has 0 N–H and O–H groups in total. The monoisotopic (exact) mass is 483 g/mol. The first-order valence-electron chi connectivity index (χ1n) is 11.7. The van der Waals surface area contributed by atoms with Crippen molar-refractivity contribution < 1.29 is 14.0 Å². The predicted octanol–water partition coefficient (Wildman–Crippen LogP) is 2.52. The molecule has 4 heterocycles. The van der Waals surface area contributed by atoms with Gasteiger partial charge < -0.3 is 19.6 Å². The van der Waals surface area contributed by atoms with Gasteiger partial charge in [-0.25, -0.2) is 9.37 Å². The highest BCUT2D eigenvalue weighted by atomic mass is 32.2. The quantitative estimate of drug-likeness (QED) is 0.652. The van der Waals surface area contributed by atoms with E-state index in [0.29, 0.717) is 44.8 Å². The van der Waals surface area contributed by atoms with Gasteiger partial charge in [-0.3, -0.25) is 9.59 Å². The molecule has 2 amide bonds. The number of hydrogen-bond acceptors (Lipinski definition) is 6. The summed E-state index contributed by atoms with van der Waals surface area (Å²) in [5.74, 6) is 1.22. The van der Waals surface area contributed by atoms with Crippen LogP contribution in [-0.2, 0) is 21.0 Å². The van der Waals surface area contributed by atoms with Crippen molar-refractivity contribution in [3.8, 4) is 0 Å². The van der Waals surface area contributed by atoms with E-state index in [9.17, 15) is 14.0 Å². The lowest BCUT2D eigenvalue weighted by Gasteiger charge is -2.39. The molecule has 2 atom stereocenters. The molecule has 3 aliphatic rings. The molecule has 1 aromatic heterocycles. The average Bonchev–Trinajstić information content (AvgIpc) is 3.38. The summed E-state index contributed by atoms with van der Waals surface area (Å²) in [5, 5.41) is 0. The Hall–Kier alpha value is -2.65. The molecule has 2 aromatic rings. The second kappa shape index (κ2) is 9.19. The van der Waals surface area contributed by atoms with Gasteiger partial charge in [0, 0.05) is 51.1 Å². The third-order valence-electron chi connectivity index (χ3n) is 6.93. The molecule has 0 saturated carbocycles. The number of aromatic nitrogens is 1. The number of rotatable bonds is 5. The standard InChI is InChI=1S/C25H30FN5O2S/c1-28(2)16-18-3-8-22(27-15-18)29-11-13-30(14-12-29)24(33)21-17-34-25(10-9-23(32)31(21)25)19-4-6-20(26)7-5-19/h3-8,15,21H,9-14,16-17H2,1-2H3/t21-,25+/m0/s1. The van der Waals surface area contributed by atoms with Crippen LogP contribution in [0.5, 0.6) is 0 Å². The Morgan fingerprint density at radius 1 is 1.15 bits per heavy atom. The number of benzene rings is 1. The number of fused-ring (bicyclic) bond motifs is 1. The third-order valence-corrected chi connectivity index (χ3v) is 8.53. The van der Waals surface area contributed by atoms with Crippen LogP contribution in [0.25, 0.3) is 0 Å². The van der Waals surface area contributed by atoms with Crippen LogP contribution in [0, 0.1) is 5.82 Å². The highest BCUT2D eigenvalue weighted by Gasteiger charge is 2.57. The zero-order valence-corrected chi connectivity index (χ0v) is 20.4. The first-order valence-corrected chi connectivity index (χ1v) is 12.7. The summed E-state index contributed by atoms with van der Waals surface area (Å²) in [4.78, 5) is 38.4. The van der Waals surface area contributed by atoms with Gasteiger partial charge in [0.15, 0.2) is 0 Å². The smallest absolute Gasteiger partial charge is 0.246 e. The van der Waals surface area contributed by atoms with Gasteiger partial charge in [0.05, 0.1) is 0 Å². The first-order chi connectivity index (χ1) is 16.4. The van der Waals surface area contributed by atoms with Crippen LogP contribution in [0.15, 0.2) is 42.6 Å². The van der Waals surface area contributed by atoms with Crippen molar-refractivity contribution >= 4 is 29.4 Å². The van der Waals surface area contributed by atoms with Gasteiger partial charge in [0.25, 0.3) is 0 Å². The minimum atomic E-state index is -0.564. The number of hydrogen-bond donors (Lipinski definition) is 0. The number of anilines is 1. The van der Waals surface area contributed by atoms with E-state index in [2.05, 4.69) is 20.9 Å². The Morgan fingerprint density at radius 2 is 1.88 bits per heavy atom. The summed E-state index contributed by atoms with van der Waals surface area (Å²) in [6.07, 6.45) is 2.98.